The summed E-state index contributed by atoms with van der Waals surface area (Å²) in [5.41, 5.74) is 2.76. The molecule has 8 nitrogen and oxygen atoms in total. The average Bonchev–Trinajstić information content (AvgIpc) is 3.04. The van der Waals surface area contributed by atoms with Crippen molar-refractivity contribution in [3.8, 4) is 29.1 Å². The average molecular weight is 592 g/mol. The number of methoxy groups -OCH3 is 1. The van der Waals surface area contributed by atoms with Crippen LogP contribution in [0.1, 0.15) is 23.5 Å². The lowest BCUT2D eigenvalue weighted by Crippen LogP contribution is -2.31. The molecule has 0 saturated heterocycles. The first kappa shape index (κ1) is 29.3. The van der Waals surface area contributed by atoms with Crippen molar-refractivity contribution in [2.24, 2.45) is 0 Å². The van der Waals surface area contributed by atoms with Crippen molar-refractivity contribution >= 4 is 29.3 Å². The molecule has 0 fully saturated rings. The van der Waals surface area contributed by atoms with Crippen molar-refractivity contribution < 1.29 is 23.8 Å². The normalized spacial score (nSPS) is 14.3. The first-order valence-corrected chi connectivity index (χ1v) is 14.6. The SMILES string of the molecule is COc1cc([C@@H]2CC(=O)NC(SCC(=O)Nc3ccc(Oc4ccccc4)cc3)=C2C#N)ccc1OCc1ccccc1. The van der Waals surface area contributed by atoms with E-state index in [0.717, 1.165) is 28.6 Å². The summed E-state index contributed by atoms with van der Waals surface area (Å²) in [6, 6.07) is 33.9. The van der Waals surface area contributed by atoms with Crippen molar-refractivity contribution in [1.29, 1.82) is 5.26 Å². The maximum absolute atomic E-state index is 12.7. The van der Waals surface area contributed by atoms with Crippen LogP contribution in [0.3, 0.4) is 0 Å². The minimum Gasteiger partial charge on any atom is -0.493 e. The first-order valence-electron chi connectivity index (χ1n) is 13.6. The molecular formula is C34H29N3O5S. The Labute approximate surface area is 254 Å². The zero-order valence-electron chi connectivity index (χ0n) is 23.4. The Morgan fingerprint density at radius 3 is 2.35 bits per heavy atom. The van der Waals surface area contributed by atoms with Crippen molar-refractivity contribution in [3.63, 3.8) is 0 Å². The van der Waals surface area contributed by atoms with E-state index < -0.39 is 5.92 Å². The van der Waals surface area contributed by atoms with Crippen molar-refractivity contribution in [2.45, 2.75) is 18.9 Å². The summed E-state index contributed by atoms with van der Waals surface area (Å²) in [6.07, 6.45) is 0.101. The molecule has 1 aliphatic heterocycles. The van der Waals surface area contributed by atoms with E-state index in [-0.39, 0.29) is 24.0 Å². The number of nitrogens with zero attached hydrogens (tertiary/aromatic N) is 1. The minimum atomic E-state index is -0.487. The van der Waals surface area contributed by atoms with E-state index in [4.69, 9.17) is 14.2 Å². The van der Waals surface area contributed by atoms with Crippen molar-refractivity contribution in [3.05, 3.63) is 125 Å². The summed E-state index contributed by atoms with van der Waals surface area (Å²) in [5, 5.41) is 16.0. The number of nitrogens with one attached hydrogen (secondary N) is 2. The third-order valence-corrected chi connectivity index (χ3v) is 7.66. The lowest BCUT2D eigenvalue weighted by atomic mass is 9.87. The molecule has 4 aromatic carbocycles. The van der Waals surface area contributed by atoms with Crippen LogP contribution in [0.5, 0.6) is 23.0 Å². The van der Waals surface area contributed by atoms with E-state index in [0.29, 0.717) is 40.1 Å². The Bertz CT molecular complexity index is 1650. The molecule has 5 rings (SSSR count). The highest BCUT2D eigenvalue weighted by Gasteiger charge is 2.30. The summed E-state index contributed by atoms with van der Waals surface area (Å²) in [5.74, 6) is 1.44. The maximum Gasteiger partial charge on any atom is 0.234 e. The van der Waals surface area contributed by atoms with Gasteiger partial charge in [0.15, 0.2) is 11.5 Å². The van der Waals surface area contributed by atoms with Gasteiger partial charge in [-0.25, -0.2) is 0 Å². The number of allylic oxidation sites excluding steroid dienone is 1. The highest BCUT2D eigenvalue weighted by molar-refractivity contribution is 8.03. The van der Waals surface area contributed by atoms with Gasteiger partial charge in [-0.05, 0) is 59.7 Å². The highest BCUT2D eigenvalue weighted by atomic mass is 32.2. The molecule has 0 spiro atoms. The van der Waals surface area contributed by atoms with Crippen LogP contribution < -0.4 is 24.8 Å². The van der Waals surface area contributed by atoms with Crippen molar-refractivity contribution in [1.82, 2.24) is 5.32 Å². The number of carbonyl (C=O) groups excluding carboxylic acids is 2. The van der Waals surface area contributed by atoms with Gasteiger partial charge in [0.25, 0.3) is 0 Å². The van der Waals surface area contributed by atoms with Crippen LogP contribution in [0.15, 0.2) is 114 Å². The monoisotopic (exact) mass is 591 g/mol. The maximum atomic E-state index is 12.7. The number of benzene rings is 4. The van der Waals surface area contributed by atoms with E-state index in [1.807, 2.05) is 66.7 Å². The molecule has 1 atom stereocenters. The van der Waals surface area contributed by atoms with Crippen LogP contribution in [-0.2, 0) is 16.2 Å². The Hall–Kier alpha value is -5.20. The Morgan fingerprint density at radius 1 is 0.953 bits per heavy atom. The van der Waals surface area contributed by atoms with Crippen LogP contribution >= 0.6 is 11.8 Å². The van der Waals surface area contributed by atoms with Crippen LogP contribution in [0, 0.1) is 11.3 Å². The molecule has 4 aromatic rings. The third kappa shape index (κ3) is 7.76. The number of para-hydroxylation sites is 1. The number of ether oxygens (including phenoxy) is 3. The van der Waals surface area contributed by atoms with E-state index in [1.165, 1.54) is 0 Å². The molecule has 2 N–H and O–H groups in total. The van der Waals surface area contributed by atoms with E-state index in [1.54, 1.807) is 43.5 Å². The Morgan fingerprint density at radius 2 is 1.65 bits per heavy atom. The Balaban J connectivity index is 1.23. The number of hydrogen-bond acceptors (Lipinski definition) is 7. The first-order chi connectivity index (χ1) is 21.0. The fraction of sp³-hybridized carbons (Fsp3) is 0.147. The molecule has 9 heteroatoms. The number of hydrogen-bond donors (Lipinski definition) is 2. The predicted octanol–water partition coefficient (Wildman–Crippen LogP) is 6.78. The zero-order valence-corrected chi connectivity index (χ0v) is 24.2. The van der Waals surface area contributed by atoms with Crippen LogP contribution in [-0.4, -0.2) is 24.7 Å². The number of amides is 2. The molecule has 43 heavy (non-hydrogen) atoms. The van der Waals surface area contributed by atoms with Gasteiger partial charge in [0.2, 0.25) is 11.8 Å². The molecule has 1 aliphatic rings. The quantitative estimate of drug-likeness (QED) is 0.198. The number of rotatable bonds is 11. The Kier molecular flexibility index (Phi) is 9.62. The van der Waals surface area contributed by atoms with Gasteiger partial charge in [-0.3, -0.25) is 9.59 Å². The topological polar surface area (TPSA) is 110 Å². The summed E-state index contributed by atoms with van der Waals surface area (Å²) in [6.45, 7) is 0.375. The fourth-order valence-electron chi connectivity index (χ4n) is 4.54. The van der Waals surface area contributed by atoms with E-state index >= 15 is 0 Å². The van der Waals surface area contributed by atoms with E-state index in [2.05, 4.69) is 16.7 Å². The summed E-state index contributed by atoms with van der Waals surface area (Å²) in [7, 11) is 1.55. The highest BCUT2D eigenvalue weighted by Crippen LogP contribution is 2.39. The summed E-state index contributed by atoms with van der Waals surface area (Å²) in [4.78, 5) is 25.4. The summed E-state index contributed by atoms with van der Waals surface area (Å²) >= 11 is 1.12. The second-order valence-electron chi connectivity index (χ2n) is 9.62. The van der Waals surface area contributed by atoms with Crippen LogP contribution in [0.25, 0.3) is 0 Å². The van der Waals surface area contributed by atoms with Gasteiger partial charge in [0.1, 0.15) is 18.1 Å². The standard InChI is InChI=1S/C34H29N3O5S/c1-40-31-18-24(12-17-30(31)41-21-23-8-4-2-5-9-23)28-19-32(38)37-34(29(28)20-35)43-22-33(39)36-25-13-15-27(16-14-25)42-26-10-6-3-7-11-26/h2-18,28H,19,21-22H2,1H3,(H,36,39)(H,37,38)/t28-/m0/s1. The number of thioether (sulfide) groups is 1. The molecule has 0 saturated carbocycles. The van der Waals surface area contributed by atoms with Gasteiger partial charge < -0.3 is 24.8 Å². The second kappa shape index (κ2) is 14.1. The molecule has 0 aromatic heterocycles. The molecule has 0 radical (unpaired) electrons. The van der Waals surface area contributed by atoms with Gasteiger partial charge in [0, 0.05) is 18.0 Å². The second-order valence-corrected chi connectivity index (χ2v) is 10.6. The number of nitriles is 1. The zero-order chi connectivity index (χ0) is 30.0. The molecule has 1 heterocycles. The number of carbonyl (C=O) groups is 2. The molecule has 216 valence electrons. The van der Waals surface area contributed by atoms with E-state index in [9.17, 15) is 14.9 Å². The lowest BCUT2D eigenvalue weighted by Gasteiger charge is -2.25. The third-order valence-electron chi connectivity index (χ3n) is 6.65. The molecule has 0 unspecified atom stereocenters. The summed E-state index contributed by atoms with van der Waals surface area (Å²) < 4.78 is 17.3. The van der Waals surface area contributed by atoms with Gasteiger partial charge in [-0.1, -0.05) is 66.4 Å². The molecule has 2 amide bonds. The van der Waals surface area contributed by atoms with Crippen molar-refractivity contribution in [2.75, 3.05) is 18.2 Å². The molecule has 0 bridgehead atoms. The predicted molar refractivity (Wildman–Crippen MR) is 166 cm³/mol. The van der Waals surface area contributed by atoms with Gasteiger partial charge in [-0.15, -0.1) is 0 Å². The largest absolute Gasteiger partial charge is 0.493 e. The number of anilines is 1. The van der Waals surface area contributed by atoms with Gasteiger partial charge >= 0.3 is 0 Å². The van der Waals surface area contributed by atoms with Crippen LogP contribution in [0.4, 0.5) is 5.69 Å². The fourth-order valence-corrected chi connectivity index (χ4v) is 5.42. The van der Waals surface area contributed by atoms with Gasteiger partial charge in [0.05, 0.1) is 29.5 Å². The molecular weight excluding hydrogens is 562 g/mol. The lowest BCUT2D eigenvalue weighted by molar-refractivity contribution is -0.121. The van der Waals surface area contributed by atoms with Crippen LogP contribution in [0.2, 0.25) is 0 Å². The van der Waals surface area contributed by atoms with Gasteiger partial charge in [-0.2, -0.15) is 5.26 Å². The smallest absolute Gasteiger partial charge is 0.234 e. The molecule has 0 aliphatic carbocycles. The minimum absolute atomic E-state index is 0.00532.